The summed E-state index contributed by atoms with van der Waals surface area (Å²) < 4.78 is 0. The Balaban J connectivity index is 1.36. The van der Waals surface area contributed by atoms with Crippen molar-refractivity contribution in [1.82, 2.24) is 19.9 Å². The summed E-state index contributed by atoms with van der Waals surface area (Å²) in [4.78, 5) is 16.9. The van der Waals surface area contributed by atoms with Crippen LogP contribution in [0, 0.1) is 0 Å². The maximum Gasteiger partial charge on any atom is 0.164 e. The number of likely N-dealkylation sites (N-methyl/N-ethyl adjacent to an activating group) is 1. The van der Waals surface area contributed by atoms with E-state index in [0.29, 0.717) is 17.5 Å². The summed E-state index contributed by atoms with van der Waals surface area (Å²) in [6.07, 6.45) is 6.67. The zero-order chi connectivity index (χ0) is 27.6. The van der Waals surface area contributed by atoms with Gasteiger partial charge in [0.15, 0.2) is 17.5 Å². The van der Waals surface area contributed by atoms with Crippen LogP contribution in [0.4, 0.5) is 0 Å². The quantitative estimate of drug-likeness (QED) is 0.225. The van der Waals surface area contributed by atoms with Crippen LogP contribution >= 0.6 is 0 Å². The van der Waals surface area contributed by atoms with Crippen molar-refractivity contribution in [1.29, 1.82) is 0 Å². The lowest BCUT2D eigenvalue weighted by Gasteiger charge is -2.21. The van der Waals surface area contributed by atoms with E-state index in [1.807, 2.05) is 60.7 Å². The maximum atomic E-state index is 4.91. The summed E-state index contributed by atoms with van der Waals surface area (Å²) in [5, 5.41) is 2.46. The molecule has 41 heavy (non-hydrogen) atoms. The molecule has 1 aromatic heterocycles. The van der Waals surface area contributed by atoms with E-state index in [0.717, 1.165) is 28.8 Å². The fourth-order valence-corrected chi connectivity index (χ4v) is 5.39. The average Bonchev–Trinajstić information content (AvgIpc) is 3.05. The Morgan fingerprint density at radius 3 is 1.68 bits per heavy atom. The van der Waals surface area contributed by atoms with Gasteiger partial charge in [-0.15, -0.1) is 0 Å². The number of fused-ring (bicyclic) bond motifs is 1. The van der Waals surface area contributed by atoms with Crippen molar-refractivity contribution < 1.29 is 0 Å². The highest BCUT2D eigenvalue weighted by molar-refractivity contribution is 6.03. The molecule has 1 aliphatic heterocycles. The van der Waals surface area contributed by atoms with E-state index in [1.165, 1.54) is 27.5 Å². The highest BCUT2D eigenvalue weighted by Gasteiger charge is 2.16. The third-order valence-electron chi connectivity index (χ3n) is 7.42. The number of benzene rings is 5. The lowest BCUT2D eigenvalue weighted by molar-refractivity contribution is 0.507. The molecule has 0 spiro atoms. The lowest BCUT2D eigenvalue weighted by atomic mass is 9.89. The predicted molar refractivity (Wildman–Crippen MR) is 169 cm³/mol. The molecular weight excluding hydrogens is 500 g/mol. The van der Waals surface area contributed by atoms with Gasteiger partial charge in [0.05, 0.1) is 0 Å². The first-order chi connectivity index (χ1) is 20.2. The van der Waals surface area contributed by atoms with Gasteiger partial charge in [-0.05, 0) is 33.0 Å². The maximum absolute atomic E-state index is 4.91. The summed E-state index contributed by atoms with van der Waals surface area (Å²) in [6.45, 7) is 0.920. The van der Waals surface area contributed by atoms with E-state index >= 15 is 0 Å². The SMILES string of the molecule is CN1C=C(c2ccc3ccccc3c2-c2ccc(-c3nc(-c4ccccc4)nc(-c4ccccc4)n3)cc2)C=CC1. The first-order valence-corrected chi connectivity index (χ1v) is 13.8. The second-order valence-electron chi connectivity index (χ2n) is 10.3. The van der Waals surface area contributed by atoms with Gasteiger partial charge in [0.1, 0.15) is 0 Å². The molecule has 0 N–H and O–H groups in total. The fraction of sp³-hybridized carbons (Fsp3) is 0.0541. The smallest absolute Gasteiger partial charge is 0.164 e. The molecule has 0 unspecified atom stereocenters. The molecule has 1 aliphatic rings. The van der Waals surface area contributed by atoms with Crippen molar-refractivity contribution in [3.8, 4) is 45.3 Å². The summed E-state index contributed by atoms with van der Waals surface area (Å²) in [5.41, 5.74) is 7.69. The second kappa shape index (κ2) is 10.7. The Bertz CT molecular complexity index is 1850. The Morgan fingerprint density at radius 2 is 1.07 bits per heavy atom. The average molecular weight is 529 g/mol. The molecule has 0 saturated carbocycles. The molecule has 0 bridgehead atoms. The molecule has 0 amide bonds. The van der Waals surface area contributed by atoms with Gasteiger partial charge in [-0.3, -0.25) is 0 Å². The predicted octanol–water partition coefficient (Wildman–Crippen LogP) is 8.54. The van der Waals surface area contributed by atoms with Gasteiger partial charge >= 0.3 is 0 Å². The van der Waals surface area contributed by atoms with E-state index in [4.69, 9.17) is 15.0 Å². The van der Waals surface area contributed by atoms with Crippen LogP contribution in [0.1, 0.15) is 5.56 Å². The van der Waals surface area contributed by atoms with Gasteiger partial charge in [0, 0.05) is 36.5 Å². The molecule has 0 fully saturated rings. The third kappa shape index (κ3) is 4.92. The van der Waals surface area contributed by atoms with Crippen LogP contribution in [0.5, 0.6) is 0 Å². The molecule has 196 valence electrons. The van der Waals surface area contributed by atoms with Crippen molar-refractivity contribution in [3.05, 3.63) is 145 Å². The van der Waals surface area contributed by atoms with E-state index in [9.17, 15) is 0 Å². The number of rotatable bonds is 5. The van der Waals surface area contributed by atoms with Crippen LogP contribution in [0.25, 0.3) is 61.6 Å². The number of hydrogen-bond acceptors (Lipinski definition) is 4. The van der Waals surface area contributed by atoms with E-state index < -0.39 is 0 Å². The van der Waals surface area contributed by atoms with Gasteiger partial charge in [-0.2, -0.15) is 0 Å². The summed E-state index contributed by atoms with van der Waals surface area (Å²) in [5.74, 6) is 1.98. The monoisotopic (exact) mass is 528 g/mol. The van der Waals surface area contributed by atoms with Crippen LogP contribution in [-0.2, 0) is 0 Å². The van der Waals surface area contributed by atoms with Crippen molar-refractivity contribution in [2.24, 2.45) is 0 Å². The van der Waals surface area contributed by atoms with Gasteiger partial charge in [-0.25, -0.2) is 15.0 Å². The van der Waals surface area contributed by atoms with Crippen molar-refractivity contribution >= 4 is 16.3 Å². The number of hydrogen-bond donors (Lipinski definition) is 0. The van der Waals surface area contributed by atoms with Crippen LogP contribution in [-0.4, -0.2) is 33.4 Å². The third-order valence-corrected chi connectivity index (χ3v) is 7.42. The molecule has 0 radical (unpaired) electrons. The molecular formula is C37H28N4. The Labute approximate surface area is 240 Å². The molecule has 0 saturated heterocycles. The van der Waals surface area contributed by atoms with E-state index in [-0.39, 0.29) is 0 Å². The van der Waals surface area contributed by atoms with Crippen molar-refractivity contribution in [3.63, 3.8) is 0 Å². The second-order valence-corrected chi connectivity index (χ2v) is 10.3. The minimum absolute atomic E-state index is 0.655. The number of allylic oxidation sites excluding steroid dienone is 2. The summed E-state index contributed by atoms with van der Waals surface area (Å²) in [7, 11) is 2.11. The van der Waals surface area contributed by atoms with Gasteiger partial charge in [0.2, 0.25) is 0 Å². The standard InChI is InChI=1S/C37H28N4/c1-41-24-10-16-31(25-41)33-23-22-26-11-8-9-17-32(26)34(33)27-18-20-30(21-19-27)37-39-35(28-12-4-2-5-13-28)38-36(40-37)29-14-6-3-7-15-29/h2-23,25H,24H2,1H3. The van der Waals surface area contributed by atoms with Crippen LogP contribution < -0.4 is 0 Å². The lowest BCUT2D eigenvalue weighted by Crippen LogP contribution is -2.13. The topological polar surface area (TPSA) is 41.9 Å². The van der Waals surface area contributed by atoms with E-state index in [2.05, 4.69) is 91.0 Å². The largest absolute Gasteiger partial charge is 0.376 e. The molecule has 7 rings (SSSR count). The van der Waals surface area contributed by atoms with Crippen LogP contribution in [0.15, 0.2) is 140 Å². The van der Waals surface area contributed by atoms with Crippen LogP contribution in [0.2, 0.25) is 0 Å². The minimum atomic E-state index is 0.655. The molecule has 5 aromatic carbocycles. The number of nitrogens with zero attached hydrogens (tertiary/aromatic N) is 4. The first kappa shape index (κ1) is 24.7. The first-order valence-electron chi connectivity index (χ1n) is 13.8. The van der Waals surface area contributed by atoms with Gasteiger partial charge in [0.25, 0.3) is 0 Å². The highest BCUT2D eigenvalue weighted by atomic mass is 15.1. The summed E-state index contributed by atoms with van der Waals surface area (Å²) >= 11 is 0. The Kier molecular flexibility index (Phi) is 6.42. The van der Waals surface area contributed by atoms with Gasteiger partial charge in [-0.1, -0.05) is 133 Å². The zero-order valence-electron chi connectivity index (χ0n) is 22.8. The summed E-state index contributed by atoms with van der Waals surface area (Å²) in [6, 6.07) is 41.8. The highest BCUT2D eigenvalue weighted by Crippen LogP contribution is 2.38. The van der Waals surface area contributed by atoms with E-state index in [1.54, 1.807) is 0 Å². The fourth-order valence-electron chi connectivity index (χ4n) is 5.39. The van der Waals surface area contributed by atoms with Crippen molar-refractivity contribution in [2.75, 3.05) is 13.6 Å². The molecule has 0 aliphatic carbocycles. The Hall–Kier alpha value is -5.35. The molecule has 6 aromatic rings. The normalized spacial score (nSPS) is 12.9. The zero-order valence-corrected chi connectivity index (χ0v) is 22.8. The molecule has 4 heteroatoms. The molecule has 2 heterocycles. The van der Waals surface area contributed by atoms with Crippen molar-refractivity contribution in [2.45, 2.75) is 0 Å². The molecule has 4 nitrogen and oxygen atoms in total. The van der Waals surface area contributed by atoms with Gasteiger partial charge < -0.3 is 4.90 Å². The van der Waals surface area contributed by atoms with Crippen LogP contribution in [0.3, 0.4) is 0 Å². The Morgan fingerprint density at radius 1 is 0.537 bits per heavy atom. The minimum Gasteiger partial charge on any atom is -0.376 e. The molecule has 0 atom stereocenters. The number of aromatic nitrogens is 3.